The second-order valence-electron chi connectivity index (χ2n) is 7.50. The van der Waals surface area contributed by atoms with Crippen LogP contribution in [0.4, 0.5) is 0 Å². The molecule has 0 unspecified atom stereocenters. The van der Waals surface area contributed by atoms with Crippen molar-refractivity contribution in [3.8, 4) is 5.75 Å². The first-order valence-corrected chi connectivity index (χ1v) is 9.65. The highest BCUT2D eigenvalue weighted by atomic mass is 16.5. The van der Waals surface area contributed by atoms with Crippen molar-refractivity contribution in [2.24, 2.45) is 5.73 Å². The van der Waals surface area contributed by atoms with Crippen molar-refractivity contribution in [1.82, 2.24) is 4.90 Å². The van der Waals surface area contributed by atoms with Gasteiger partial charge in [0.15, 0.2) is 0 Å². The summed E-state index contributed by atoms with van der Waals surface area (Å²) in [5.41, 5.74) is 8.16. The monoisotopic (exact) mass is 344 g/mol. The van der Waals surface area contributed by atoms with Gasteiger partial charge in [-0.25, -0.2) is 0 Å². The quantitative estimate of drug-likeness (QED) is 0.891. The van der Waals surface area contributed by atoms with E-state index in [4.69, 9.17) is 15.2 Å². The highest BCUT2D eigenvalue weighted by Gasteiger charge is 2.36. The van der Waals surface area contributed by atoms with Crippen molar-refractivity contribution >= 4 is 5.91 Å². The van der Waals surface area contributed by atoms with Gasteiger partial charge in [-0.2, -0.15) is 0 Å². The molecule has 5 nitrogen and oxygen atoms in total. The maximum absolute atomic E-state index is 13.2. The van der Waals surface area contributed by atoms with Gasteiger partial charge in [0.25, 0.3) is 5.91 Å². The molecule has 0 bridgehead atoms. The lowest BCUT2D eigenvalue weighted by atomic mass is 10.1. The largest absolute Gasteiger partial charge is 0.493 e. The number of nitrogens with zero attached hydrogens (tertiary/aromatic N) is 1. The molecule has 5 heteroatoms. The Morgan fingerprint density at radius 2 is 2.04 bits per heavy atom. The highest BCUT2D eigenvalue weighted by Crippen LogP contribution is 2.31. The van der Waals surface area contributed by atoms with Crippen LogP contribution in [0.15, 0.2) is 18.2 Å². The molecule has 25 heavy (non-hydrogen) atoms. The Balaban J connectivity index is 1.51. The molecule has 1 aromatic rings. The van der Waals surface area contributed by atoms with Crippen LogP contribution in [-0.4, -0.2) is 42.2 Å². The number of rotatable bonds is 5. The van der Waals surface area contributed by atoms with Crippen LogP contribution >= 0.6 is 0 Å². The van der Waals surface area contributed by atoms with Crippen LogP contribution in [0.3, 0.4) is 0 Å². The molecule has 2 aliphatic heterocycles. The topological polar surface area (TPSA) is 64.8 Å². The number of carbonyl (C=O) groups excluding carboxylic acids is 1. The van der Waals surface area contributed by atoms with Gasteiger partial charge < -0.3 is 20.1 Å². The van der Waals surface area contributed by atoms with Crippen LogP contribution in [0, 0.1) is 0 Å². The molecule has 4 rings (SSSR count). The van der Waals surface area contributed by atoms with Gasteiger partial charge in [0.05, 0.1) is 12.7 Å². The molecule has 2 atom stereocenters. The number of hydrogen-bond donors (Lipinski definition) is 1. The number of fused-ring (bicyclic) bond motifs is 1. The third kappa shape index (κ3) is 3.53. The number of hydrogen-bond acceptors (Lipinski definition) is 4. The van der Waals surface area contributed by atoms with Crippen LogP contribution in [-0.2, 0) is 22.5 Å². The zero-order chi connectivity index (χ0) is 17.2. The van der Waals surface area contributed by atoms with Gasteiger partial charge in [0.1, 0.15) is 11.9 Å². The van der Waals surface area contributed by atoms with Crippen LogP contribution < -0.4 is 10.5 Å². The summed E-state index contributed by atoms with van der Waals surface area (Å²) in [7, 11) is 0. The second kappa shape index (κ2) is 7.34. The van der Waals surface area contributed by atoms with E-state index in [0.717, 1.165) is 44.5 Å². The Bertz CT molecular complexity index is 627. The molecule has 1 saturated carbocycles. The zero-order valence-electron chi connectivity index (χ0n) is 14.8. The number of carbonyl (C=O) groups is 1. The van der Waals surface area contributed by atoms with E-state index in [0.29, 0.717) is 19.1 Å². The summed E-state index contributed by atoms with van der Waals surface area (Å²) in [6, 6.07) is 6.69. The van der Waals surface area contributed by atoms with E-state index in [9.17, 15) is 4.79 Å². The van der Waals surface area contributed by atoms with Crippen LogP contribution in [0.2, 0.25) is 0 Å². The van der Waals surface area contributed by atoms with E-state index in [2.05, 4.69) is 17.0 Å². The van der Waals surface area contributed by atoms with E-state index in [1.807, 2.05) is 6.07 Å². The average molecular weight is 344 g/mol. The molecule has 0 aromatic heterocycles. The third-order valence-electron chi connectivity index (χ3n) is 5.80. The minimum atomic E-state index is -0.313. The second-order valence-corrected chi connectivity index (χ2v) is 7.50. The highest BCUT2D eigenvalue weighted by molar-refractivity contribution is 5.81. The molecule has 2 heterocycles. The van der Waals surface area contributed by atoms with Crippen molar-refractivity contribution in [3.05, 3.63) is 29.3 Å². The molecule has 0 radical (unpaired) electrons. The van der Waals surface area contributed by atoms with E-state index in [1.165, 1.54) is 24.0 Å². The first kappa shape index (κ1) is 16.9. The zero-order valence-corrected chi connectivity index (χ0v) is 14.8. The predicted octanol–water partition coefficient (Wildman–Crippen LogP) is 2.40. The minimum Gasteiger partial charge on any atom is -0.493 e. The maximum atomic E-state index is 13.2. The van der Waals surface area contributed by atoms with Crippen molar-refractivity contribution in [1.29, 1.82) is 0 Å². The van der Waals surface area contributed by atoms with Crippen molar-refractivity contribution in [3.63, 3.8) is 0 Å². The van der Waals surface area contributed by atoms with Gasteiger partial charge in [0.2, 0.25) is 0 Å². The Hall–Kier alpha value is -1.59. The molecular formula is C20H28N2O3. The normalized spacial score (nSPS) is 25.8. The first-order valence-electron chi connectivity index (χ1n) is 9.65. The summed E-state index contributed by atoms with van der Waals surface area (Å²) in [5.74, 6) is 1.15. The molecule has 2 N–H and O–H groups in total. The third-order valence-corrected chi connectivity index (χ3v) is 5.80. The van der Waals surface area contributed by atoms with Gasteiger partial charge in [-0.05, 0) is 42.9 Å². The fraction of sp³-hybridized carbons (Fsp3) is 0.650. The van der Waals surface area contributed by atoms with Crippen molar-refractivity contribution in [2.75, 3.05) is 13.2 Å². The summed E-state index contributed by atoms with van der Waals surface area (Å²) < 4.78 is 11.5. The predicted molar refractivity (Wildman–Crippen MR) is 95.4 cm³/mol. The lowest BCUT2D eigenvalue weighted by Crippen LogP contribution is -2.44. The molecule has 1 aromatic carbocycles. The van der Waals surface area contributed by atoms with Crippen LogP contribution in [0.1, 0.15) is 49.7 Å². The molecule has 2 fully saturated rings. The summed E-state index contributed by atoms with van der Waals surface area (Å²) in [4.78, 5) is 15.2. The molecule has 136 valence electrons. The van der Waals surface area contributed by atoms with Gasteiger partial charge >= 0.3 is 0 Å². The van der Waals surface area contributed by atoms with Crippen molar-refractivity contribution in [2.45, 2.75) is 69.7 Å². The van der Waals surface area contributed by atoms with Gasteiger partial charge in [0, 0.05) is 25.6 Å². The van der Waals surface area contributed by atoms with E-state index in [-0.39, 0.29) is 18.1 Å². The minimum absolute atomic E-state index is 0.0384. The van der Waals surface area contributed by atoms with Crippen LogP contribution in [0.25, 0.3) is 0 Å². The molecule has 1 amide bonds. The first-order chi connectivity index (χ1) is 12.2. The fourth-order valence-corrected chi connectivity index (χ4v) is 4.38. The summed E-state index contributed by atoms with van der Waals surface area (Å²) in [6.07, 6.45) is 7.00. The lowest BCUT2D eigenvalue weighted by Gasteiger charge is -2.31. The summed E-state index contributed by atoms with van der Waals surface area (Å²) in [5, 5.41) is 0. The number of benzene rings is 1. The Labute approximate surface area is 149 Å². The SMILES string of the molecule is NC[C@H]1CC[C@@H](C(=O)N(Cc2ccc3c(c2)CCO3)C2CCCC2)O1. The molecule has 0 spiro atoms. The van der Waals surface area contributed by atoms with Crippen molar-refractivity contribution < 1.29 is 14.3 Å². The number of ether oxygens (including phenoxy) is 2. The molecule has 1 saturated heterocycles. The van der Waals surface area contributed by atoms with Gasteiger partial charge in [-0.3, -0.25) is 4.79 Å². The van der Waals surface area contributed by atoms with E-state index < -0.39 is 0 Å². The standard InChI is InChI=1S/C20H28N2O3/c21-12-17-6-8-19(25-17)20(23)22(16-3-1-2-4-16)13-14-5-7-18-15(11-14)9-10-24-18/h5,7,11,16-17,19H,1-4,6,8-10,12-13,21H2/t17-,19+/m1/s1. The van der Waals surface area contributed by atoms with Gasteiger partial charge in [-0.1, -0.05) is 25.0 Å². The average Bonchev–Trinajstić information content (AvgIpc) is 3.39. The molecular weight excluding hydrogens is 316 g/mol. The summed E-state index contributed by atoms with van der Waals surface area (Å²) >= 11 is 0. The summed E-state index contributed by atoms with van der Waals surface area (Å²) in [6.45, 7) is 1.93. The Morgan fingerprint density at radius 1 is 1.20 bits per heavy atom. The molecule has 1 aliphatic carbocycles. The Morgan fingerprint density at radius 3 is 2.80 bits per heavy atom. The van der Waals surface area contributed by atoms with Crippen LogP contribution in [0.5, 0.6) is 5.75 Å². The smallest absolute Gasteiger partial charge is 0.252 e. The lowest BCUT2D eigenvalue weighted by molar-refractivity contribution is -0.145. The van der Waals surface area contributed by atoms with Gasteiger partial charge in [-0.15, -0.1) is 0 Å². The fourth-order valence-electron chi connectivity index (χ4n) is 4.38. The Kier molecular flexibility index (Phi) is 4.95. The maximum Gasteiger partial charge on any atom is 0.252 e. The number of nitrogens with two attached hydrogens (primary N) is 1. The molecule has 3 aliphatic rings. The van der Waals surface area contributed by atoms with E-state index >= 15 is 0 Å². The number of amides is 1. The van der Waals surface area contributed by atoms with E-state index in [1.54, 1.807) is 0 Å².